The Labute approximate surface area is 188 Å². The lowest BCUT2D eigenvalue weighted by Crippen LogP contribution is -2.31. The molecule has 1 aliphatic heterocycles. The minimum absolute atomic E-state index is 0.205. The minimum Gasteiger partial charge on any atom is -0.497 e. The summed E-state index contributed by atoms with van der Waals surface area (Å²) < 4.78 is 8.44. The third kappa shape index (κ3) is 3.10. The average Bonchev–Trinajstić information content (AvgIpc) is 3.50. The molecule has 0 unspecified atom stereocenters. The van der Waals surface area contributed by atoms with E-state index in [1.807, 2.05) is 29.2 Å². The fourth-order valence-electron chi connectivity index (χ4n) is 4.59. The van der Waals surface area contributed by atoms with E-state index in [-0.39, 0.29) is 17.5 Å². The van der Waals surface area contributed by atoms with Crippen molar-refractivity contribution in [2.45, 2.75) is 38.8 Å². The smallest absolute Gasteiger partial charge is 0.352 e. The first-order valence-electron chi connectivity index (χ1n) is 10.9. The molecule has 3 aromatic heterocycles. The van der Waals surface area contributed by atoms with Crippen LogP contribution in [0.25, 0.3) is 15.9 Å². The zero-order chi connectivity index (χ0) is 21.8. The number of fused-ring (bicyclic) bond motifs is 5. The molecule has 9 heteroatoms. The molecule has 1 saturated carbocycles. The topological polar surface area (TPSA) is 81.7 Å². The van der Waals surface area contributed by atoms with Gasteiger partial charge in [-0.15, -0.1) is 11.3 Å². The van der Waals surface area contributed by atoms with Crippen molar-refractivity contribution in [3.63, 3.8) is 0 Å². The lowest BCUT2D eigenvalue weighted by atomic mass is 10.1. The van der Waals surface area contributed by atoms with E-state index in [1.165, 1.54) is 16.4 Å². The quantitative estimate of drug-likeness (QED) is 0.479. The number of thiophene rings is 1. The highest BCUT2D eigenvalue weighted by molar-refractivity contribution is 7.19. The maximum Gasteiger partial charge on any atom is 0.352 e. The van der Waals surface area contributed by atoms with Gasteiger partial charge < -0.3 is 9.64 Å². The number of amides is 1. The van der Waals surface area contributed by atoms with Gasteiger partial charge in [-0.3, -0.25) is 9.36 Å². The maximum absolute atomic E-state index is 13.3. The predicted molar refractivity (Wildman–Crippen MR) is 121 cm³/mol. The van der Waals surface area contributed by atoms with Crippen molar-refractivity contribution in [1.82, 2.24) is 24.1 Å². The molecule has 0 atom stereocenters. The fourth-order valence-corrected chi connectivity index (χ4v) is 5.94. The third-order valence-corrected chi connectivity index (χ3v) is 7.67. The Morgan fingerprint density at radius 1 is 1.25 bits per heavy atom. The van der Waals surface area contributed by atoms with Crippen LogP contribution in [0.2, 0.25) is 0 Å². The van der Waals surface area contributed by atoms with Gasteiger partial charge in [-0.25, -0.2) is 9.78 Å². The summed E-state index contributed by atoms with van der Waals surface area (Å²) in [5.41, 5.74) is 2.61. The second-order valence-corrected chi connectivity index (χ2v) is 9.62. The molecule has 1 aromatic carbocycles. The zero-order valence-corrected chi connectivity index (χ0v) is 18.6. The van der Waals surface area contributed by atoms with E-state index in [1.54, 1.807) is 23.0 Å². The summed E-state index contributed by atoms with van der Waals surface area (Å²) in [4.78, 5) is 34.6. The van der Waals surface area contributed by atoms with Gasteiger partial charge in [0.1, 0.15) is 16.9 Å². The van der Waals surface area contributed by atoms with E-state index in [2.05, 4.69) is 10.1 Å². The molecule has 0 bridgehead atoms. The van der Waals surface area contributed by atoms with Gasteiger partial charge in [-0.2, -0.15) is 9.61 Å². The van der Waals surface area contributed by atoms with Gasteiger partial charge in [-0.1, -0.05) is 12.1 Å². The van der Waals surface area contributed by atoms with Crippen LogP contribution in [-0.4, -0.2) is 43.6 Å². The van der Waals surface area contributed by atoms with Gasteiger partial charge in [0.25, 0.3) is 0 Å². The molecule has 8 nitrogen and oxygen atoms in total. The summed E-state index contributed by atoms with van der Waals surface area (Å²) in [6, 6.07) is 7.74. The largest absolute Gasteiger partial charge is 0.497 e. The first kappa shape index (κ1) is 19.5. The monoisotopic (exact) mass is 449 g/mol. The summed E-state index contributed by atoms with van der Waals surface area (Å²) in [7, 11) is 1.64. The molecule has 1 aliphatic carbocycles. The number of hydrogen-bond donors (Lipinski definition) is 0. The first-order chi connectivity index (χ1) is 15.6. The number of methoxy groups -OCH3 is 1. The highest BCUT2D eigenvalue weighted by Crippen LogP contribution is 2.38. The number of rotatable bonds is 4. The van der Waals surface area contributed by atoms with Crippen molar-refractivity contribution in [3.8, 4) is 5.75 Å². The molecule has 2 aliphatic rings. The molecular weight excluding hydrogens is 426 g/mol. The SMILES string of the molecule is COc1ccc(Cn2c(=O)n3ncnc3c3c4c(sc32)CN(C(=O)C2CC2)CCC4)cc1. The molecule has 1 fully saturated rings. The van der Waals surface area contributed by atoms with Gasteiger partial charge in [0, 0.05) is 17.3 Å². The number of benzene rings is 1. The molecule has 0 spiro atoms. The summed E-state index contributed by atoms with van der Waals surface area (Å²) in [6.45, 7) is 1.83. The Hall–Kier alpha value is -3.20. The Bertz CT molecular complexity index is 1400. The van der Waals surface area contributed by atoms with Gasteiger partial charge in [0.05, 0.1) is 25.6 Å². The number of aromatic nitrogens is 4. The van der Waals surface area contributed by atoms with E-state index < -0.39 is 0 Å². The Kier molecular flexibility index (Phi) is 4.53. The fraction of sp³-hybridized carbons (Fsp3) is 0.391. The molecular formula is C23H23N5O3S. The van der Waals surface area contributed by atoms with Gasteiger partial charge >= 0.3 is 5.69 Å². The number of nitrogens with zero attached hydrogens (tertiary/aromatic N) is 5. The van der Waals surface area contributed by atoms with Crippen molar-refractivity contribution < 1.29 is 9.53 Å². The van der Waals surface area contributed by atoms with Crippen LogP contribution >= 0.6 is 11.3 Å². The van der Waals surface area contributed by atoms with Gasteiger partial charge in [-0.05, 0) is 48.9 Å². The van der Waals surface area contributed by atoms with Crippen molar-refractivity contribution in [2.75, 3.05) is 13.7 Å². The number of ether oxygens (including phenoxy) is 1. The summed E-state index contributed by atoms with van der Waals surface area (Å²) in [6.07, 6.45) is 5.24. The number of carbonyl (C=O) groups excluding carboxylic acids is 1. The van der Waals surface area contributed by atoms with Crippen molar-refractivity contribution in [3.05, 3.63) is 57.1 Å². The highest BCUT2D eigenvalue weighted by atomic mass is 32.1. The molecule has 0 N–H and O–H groups in total. The lowest BCUT2D eigenvalue weighted by Gasteiger charge is -2.20. The molecule has 4 heterocycles. The number of hydrogen-bond acceptors (Lipinski definition) is 6. The second-order valence-electron chi connectivity index (χ2n) is 8.53. The van der Waals surface area contributed by atoms with Crippen LogP contribution in [0.15, 0.2) is 35.4 Å². The van der Waals surface area contributed by atoms with Crippen LogP contribution in [0.4, 0.5) is 0 Å². The Morgan fingerprint density at radius 3 is 2.81 bits per heavy atom. The Balaban J connectivity index is 1.50. The second kappa shape index (κ2) is 7.44. The van der Waals surface area contributed by atoms with Crippen LogP contribution in [0.1, 0.15) is 35.3 Å². The molecule has 1 amide bonds. The van der Waals surface area contributed by atoms with Crippen molar-refractivity contribution in [1.29, 1.82) is 0 Å². The van der Waals surface area contributed by atoms with Gasteiger partial charge in [0.2, 0.25) is 5.91 Å². The van der Waals surface area contributed by atoms with Crippen LogP contribution in [0, 0.1) is 5.92 Å². The van der Waals surface area contributed by atoms with Crippen molar-refractivity contribution in [2.24, 2.45) is 5.92 Å². The molecule has 0 saturated heterocycles. The molecule has 32 heavy (non-hydrogen) atoms. The Morgan fingerprint density at radius 2 is 2.06 bits per heavy atom. The van der Waals surface area contributed by atoms with Crippen LogP contribution < -0.4 is 10.4 Å². The predicted octanol–water partition coefficient (Wildman–Crippen LogP) is 2.85. The van der Waals surface area contributed by atoms with Crippen molar-refractivity contribution >= 4 is 33.1 Å². The third-order valence-electron chi connectivity index (χ3n) is 6.43. The minimum atomic E-state index is -0.205. The van der Waals surface area contributed by atoms with E-state index in [4.69, 9.17) is 4.74 Å². The molecule has 0 radical (unpaired) electrons. The first-order valence-corrected chi connectivity index (χ1v) is 11.7. The summed E-state index contributed by atoms with van der Waals surface area (Å²) in [5.74, 6) is 1.27. The highest BCUT2D eigenvalue weighted by Gasteiger charge is 2.35. The molecule has 164 valence electrons. The maximum atomic E-state index is 13.3. The van der Waals surface area contributed by atoms with Crippen LogP contribution in [-0.2, 0) is 24.3 Å². The molecule has 4 aromatic rings. The van der Waals surface area contributed by atoms with E-state index in [0.29, 0.717) is 18.7 Å². The molecule has 6 rings (SSSR count). The van der Waals surface area contributed by atoms with E-state index in [0.717, 1.165) is 58.6 Å². The van der Waals surface area contributed by atoms with Crippen LogP contribution in [0.5, 0.6) is 5.75 Å². The average molecular weight is 450 g/mol. The number of aryl methyl sites for hydroxylation is 1. The summed E-state index contributed by atoms with van der Waals surface area (Å²) in [5, 5.41) is 5.21. The number of carbonyl (C=O) groups is 1. The van der Waals surface area contributed by atoms with E-state index >= 15 is 0 Å². The van der Waals surface area contributed by atoms with Crippen LogP contribution in [0.3, 0.4) is 0 Å². The lowest BCUT2D eigenvalue weighted by molar-refractivity contribution is -0.133. The normalized spacial score (nSPS) is 16.3. The van der Waals surface area contributed by atoms with Gasteiger partial charge in [0.15, 0.2) is 5.65 Å². The summed E-state index contributed by atoms with van der Waals surface area (Å²) >= 11 is 1.62. The zero-order valence-electron chi connectivity index (χ0n) is 17.8. The standard InChI is InChI=1S/C23H23N5O3S/c1-31-16-8-4-14(5-9-16)11-27-22-19(20-24-13-25-28(20)23(27)30)17-3-2-10-26(12-18(17)32-22)21(29)15-6-7-15/h4-5,8-9,13,15H,2-3,6-7,10-12H2,1H3. The van der Waals surface area contributed by atoms with E-state index in [9.17, 15) is 9.59 Å².